The molecule has 18 heavy (non-hydrogen) atoms. The lowest BCUT2D eigenvalue weighted by molar-refractivity contribution is -0.384. The second-order valence-electron chi connectivity index (χ2n) is 4.20. The van der Waals surface area contributed by atoms with Gasteiger partial charge in [0.2, 0.25) is 0 Å². The lowest BCUT2D eigenvalue weighted by Gasteiger charge is -2.15. The summed E-state index contributed by atoms with van der Waals surface area (Å²) < 4.78 is 0. The second kappa shape index (κ2) is 5.03. The van der Waals surface area contributed by atoms with Crippen LogP contribution in [0.2, 0.25) is 0 Å². The number of nitro benzene ring substituents is 1. The van der Waals surface area contributed by atoms with Crippen LogP contribution in [0.15, 0.2) is 28.4 Å². The number of non-ortho nitro benzene ring substituents is 1. The molecule has 0 aromatic heterocycles. The highest BCUT2D eigenvalue weighted by molar-refractivity contribution is 6.05. The van der Waals surface area contributed by atoms with Crippen LogP contribution < -0.4 is 0 Å². The van der Waals surface area contributed by atoms with Crippen LogP contribution in [-0.2, 0) is 0 Å². The van der Waals surface area contributed by atoms with Crippen LogP contribution in [0.25, 0.3) is 0 Å². The molecule has 0 fully saturated rings. The Morgan fingerprint density at radius 3 is 2.89 bits per heavy atom. The number of hydrogen-bond acceptors (Lipinski definition) is 5. The largest absolute Gasteiger partial charge is 0.292 e. The molecule has 94 valence electrons. The van der Waals surface area contributed by atoms with Gasteiger partial charge in [-0.1, -0.05) is 19.8 Å². The van der Waals surface area contributed by atoms with Crippen molar-refractivity contribution in [2.75, 3.05) is 0 Å². The Kier molecular flexibility index (Phi) is 3.45. The quantitative estimate of drug-likeness (QED) is 0.603. The molecule has 0 aliphatic carbocycles. The first-order chi connectivity index (χ1) is 8.63. The van der Waals surface area contributed by atoms with Gasteiger partial charge in [-0.15, -0.1) is 0 Å². The van der Waals surface area contributed by atoms with Crippen molar-refractivity contribution in [3.05, 3.63) is 33.9 Å². The van der Waals surface area contributed by atoms with E-state index in [1.54, 1.807) is 0 Å². The summed E-state index contributed by atoms with van der Waals surface area (Å²) in [5.41, 5.74) is 0.632. The predicted molar refractivity (Wildman–Crippen MR) is 65.3 cm³/mol. The zero-order valence-corrected chi connectivity index (χ0v) is 10.00. The first kappa shape index (κ1) is 12.3. The maximum Gasteiger partial charge on any atom is 0.270 e. The Balaban J connectivity index is 2.31. The van der Waals surface area contributed by atoms with E-state index < -0.39 is 11.0 Å². The summed E-state index contributed by atoms with van der Waals surface area (Å²) in [7, 11) is 0. The van der Waals surface area contributed by atoms with Gasteiger partial charge in [-0.25, -0.2) is 0 Å². The Morgan fingerprint density at radius 2 is 2.22 bits per heavy atom. The minimum absolute atomic E-state index is 0.0894. The van der Waals surface area contributed by atoms with Gasteiger partial charge in [0.1, 0.15) is 6.04 Å². The number of unbranched alkanes of at least 4 members (excludes halogenated alkanes) is 1. The van der Waals surface area contributed by atoms with Crippen molar-refractivity contribution in [2.45, 2.75) is 32.2 Å². The number of hydrogen-bond donors (Lipinski definition) is 0. The van der Waals surface area contributed by atoms with Crippen LogP contribution in [0.1, 0.15) is 36.5 Å². The summed E-state index contributed by atoms with van der Waals surface area (Å²) in [6.45, 7) is 2.03. The summed E-state index contributed by atoms with van der Waals surface area (Å²) in [6.07, 6.45) is 2.50. The molecule has 1 aliphatic rings. The van der Waals surface area contributed by atoms with Gasteiger partial charge in [0.05, 0.1) is 16.2 Å². The average molecular weight is 247 g/mol. The molecule has 0 amide bonds. The fourth-order valence-corrected chi connectivity index (χ4v) is 1.87. The molecule has 0 spiro atoms. The molecule has 2 rings (SSSR count). The second-order valence-corrected chi connectivity index (χ2v) is 4.20. The number of ketones is 1. The smallest absolute Gasteiger partial charge is 0.270 e. The number of Topliss-reactive ketones (excluding diaryl/α,β-unsaturated/α-hetero) is 1. The van der Waals surface area contributed by atoms with Gasteiger partial charge < -0.3 is 0 Å². The first-order valence-corrected chi connectivity index (χ1v) is 5.87. The number of nitro groups is 1. The first-order valence-electron chi connectivity index (χ1n) is 5.87. The molecule has 6 nitrogen and oxygen atoms in total. The predicted octanol–water partition coefficient (Wildman–Crippen LogP) is 3.43. The molecule has 1 aromatic rings. The van der Waals surface area contributed by atoms with Crippen molar-refractivity contribution in [2.24, 2.45) is 10.2 Å². The highest BCUT2D eigenvalue weighted by Crippen LogP contribution is 2.31. The van der Waals surface area contributed by atoms with E-state index in [0.29, 0.717) is 17.7 Å². The summed E-state index contributed by atoms with van der Waals surface area (Å²) in [6, 6.07) is 3.59. The van der Waals surface area contributed by atoms with Crippen LogP contribution in [0, 0.1) is 10.1 Å². The third-order valence-electron chi connectivity index (χ3n) is 2.90. The zero-order valence-electron chi connectivity index (χ0n) is 10.00. The molecule has 1 atom stereocenters. The topological polar surface area (TPSA) is 84.9 Å². The molecule has 1 aromatic carbocycles. The van der Waals surface area contributed by atoms with Gasteiger partial charge in [-0.05, 0) is 12.5 Å². The molecule has 0 bridgehead atoms. The molecule has 1 heterocycles. The van der Waals surface area contributed by atoms with Crippen LogP contribution in [0.3, 0.4) is 0 Å². The number of carbonyl (C=O) groups is 1. The summed E-state index contributed by atoms with van der Waals surface area (Å²) in [5.74, 6) is -0.169. The average Bonchev–Trinajstić information content (AvgIpc) is 2.37. The maximum absolute atomic E-state index is 12.1. The van der Waals surface area contributed by atoms with Crippen LogP contribution in [0.5, 0.6) is 0 Å². The van der Waals surface area contributed by atoms with E-state index in [0.717, 1.165) is 12.8 Å². The lowest BCUT2D eigenvalue weighted by Crippen LogP contribution is -2.21. The third-order valence-corrected chi connectivity index (χ3v) is 2.90. The van der Waals surface area contributed by atoms with E-state index in [9.17, 15) is 14.9 Å². The maximum atomic E-state index is 12.1. The van der Waals surface area contributed by atoms with E-state index in [2.05, 4.69) is 10.2 Å². The van der Waals surface area contributed by atoms with Gasteiger partial charge in [-0.3, -0.25) is 14.9 Å². The Bertz CT molecular complexity index is 525. The summed E-state index contributed by atoms with van der Waals surface area (Å²) in [5, 5.41) is 18.6. The number of nitrogens with zero attached hydrogens (tertiary/aromatic N) is 3. The highest BCUT2D eigenvalue weighted by Gasteiger charge is 2.27. The fraction of sp³-hybridized carbons (Fsp3) is 0.417. The van der Waals surface area contributed by atoms with Crippen molar-refractivity contribution in [3.63, 3.8) is 0 Å². The van der Waals surface area contributed by atoms with Crippen molar-refractivity contribution in [1.29, 1.82) is 0 Å². The molecule has 0 radical (unpaired) electrons. The molecule has 0 saturated carbocycles. The van der Waals surface area contributed by atoms with Gasteiger partial charge in [0.25, 0.3) is 5.69 Å². The standard InChI is InChI=1S/C12H13N3O3/c1-2-3-4-11-12(16)9-7-8(15(17)18)5-6-10(9)13-14-11/h5-7,11H,2-4H2,1H3. The molecule has 0 saturated heterocycles. The van der Waals surface area contributed by atoms with Crippen molar-refractivity contribution >= 4 is 17.2 Å². The molecule has 6 heteroatoms. The minimum atomic E-state index is -0.514. The normalized spacial score (nSPS) is 17.6. The number of benzene rings is 1. The highest BCUT2D eigenvalue weighted by atomic mass is 16.6. The number of carbonyl (C=O) groups excluding carboxylic acids is 1. The van der Waals surface area contributed by atoms with E-state index >= 15 is 0 Å². The Labute approximate surface area is 104 Å². The SMILES string of the molecule is CCCCC1N=Nc2ccc([N+](=O)[O-])cc2C1=O. The number of fused-ring (bicyclic) bond motifs is 1. The minimum Gasteiger partial charge on any atom is -0.292 e. The lowest BCUT2D eigenvalue weighted by atomic mass is 9.97. The molecular formula is C12H13N3O3. The molecule has 1 unspecified atom stereocenters. The van der Waals surface area contributed by atoms with Crippen LogP contribution in [0.4, 0.5) is 11.4 Å². The van der Waals surface area contributed by atoms with Crippen molar-refractivity contribution in [3.8, 4) is 0 Å². The monoisotopic (exact) mass is 247 g/mol. The van der Waals surface area contributed by atoms with Gasteiger partial charge in [0.15, 0.2) is 5.78 Å². The van der Waals surface area contributed by atoms with Crippen LogP contribution >= 0.6 is 0 Å². The molecule has 0 N–H and O–H groups in total. The Hall–Kier alpha value is -2.11. The van der Waals surface area contributed by atoms with Crippen molar-refractivity contribution < 1.29 is 9.72 Å². The van der Waals surface area contributed by atoms with Gasteiger partial charge in [-0.2, -0.15) is 10.2 Å². The van der Waals surface area contributed by atoms with Crippen molar-refractivity contribution in [1.82, 2.24) is 0 Å². The summed E-state index contributed by atoms with van der Waals surface area (Å²) in [4.78, 5) is 22.3. The zero-order chi connectivity index (χ0) is 13.1. The number of rotatable bonds is 4. The molecule has 1 aliphatic heterocycles. The van der Waals surface area contributed by atoms with Gasteiger partial charge >= 0.3 is 0 Å². The van der Waals surface area contributed by atoms with Crippen LogP contribution in [-0.4, -0.2) is 16.7 Å². The number of azo groups is 1. The van der Waals surface area contributed by atoms with Gasteiger partial charge in [0, 0.05) is 12.1 Å². The van der Waals surface area contributed by atoms with E-state index in [1.807, 2.05) is 6.92 Å². The summed E-state index contributed by atoms with van der Waals surface area (Å²) >= 11 is 0. The fourth-order valence-electron chi connectivity index (χ4n) is 1.87. The Morgan fingerprint density at radius 1 is 1.44 bits per heavy atom. The third kappa shape index (κ3) is 2.27. The van der Waals surface area contributed by atoms with E-state index in [4.69, 9.17) is 0 Å². The van der Waals surface area contributed by atoms with E-state index in [-0.39, 0.29) is 11.5 Å². The molecular weight excluding hydrogens is 234 g/mol. The van der Waals surface area contributed by atoms with E-state index in [1.165, 1.54) is 18.2 Å².